The Morgan fingerprint density at radius 3 is 2.00 bits per heavy atom. The Balaban J connectivity index is 1.81. The first-order valence-corrected chi connectivity index (χ1v) is 15.7. The molecule has 32 heavy (non-hydrogen) atoms. The molecular weight excluding hydrogens is 411 g/mol. The number of aryl methyl sites for hydroxylation is 1. The summed E-state index contributed by atoms with van der Waals surface area (Å²) >= 11 is 0. The van der Waals surface area contributed by atoms with Gasteiger partial charge in [0.1, 0.15) is 0 Å². The van der Waals surface area contributed by atoms with Crippen molar-refractivity contribution >= 4 is 15.4 Å². The van der Waals surface area contributed by atoms with Crippen LogP contribution in [0.4, 0.5) is 0 Å². The first kappa shape index (κ1) is 27.6. The van der Waals surface area contributed by atoms with Crippen LogP contribution in [0.1, 0.15) is 92.6 Å². The van der Waals surface area contributed by atoms with Crippen molar-refractivity contribution < 1.29 is 13.7 Å². The number of unbranched alkanes of at least 4 members (excludes halogenated alkanes) is 3. The van der Waals surface area contributed by atoms with E-state index < -0.39 is 8.32 Å². The van der Waals surface area contributed by atoms with Gasteiger partial charge < -0.3 is 13.7 Å². The average molecular weight is 461 g/mol. The summed E-state index contributed by atoms with van der Waals surface area (Å²) < 4.78 is 19.2. The first-order valence-electron chi connectivity index (χ1n) is 12.8. The van der Waals surface area contributed by atoms with Crippen LogP contribution in [0.2, 0.25) is 23.9 Å². The van der Waals surface area contributed by atoms with Crippen LogP contribution in [0.25, 0.3) is 0 Å². The van der Waals surface area contributed by atoms with Crippen LogP contribution in [-0.2, 0) is 20.2 Å². The average Bonchev–Trinajstić information content (AvgIpc) is 2.90. The van der Waals surface area contributed by atoms with Gasteiger partial charge in [0.25, 0.3) is 0 Å². The third-order valence-electron chi connectivity index (χ3n) is 8.04. The normalized spacial score (nSPS) is 19.3. The lowest BCUT2D eigenvalue weighted by atomic mass is 9.66. The molecule has 0 radical (unpaired) electrons. The second kappa shape index (κ2) is 11.2. The van der Waals surface area contributed by atoms with E-state index in [2.05, 4.69) is 91.9 Å². The fourth-order valence-electron chi connectivity index (χ4n) is 3.90. The lowest BCUT2D eigenvalue weighted by Gasteiger charge is -2.36. The molecule has 0 aromatic heterocycles. The maximum absolute atomic E-state index is 6.44. The van der Waals surface area contributed by atoms with E-state index >= 15 is 0 Å². The van der Waals surface area contributed by atoms with E-state index in [1.54, 1.807) is 0 Å². The Bertz CT molecular complexity index is 666. The molecule has 5 heteroatoms. The summed E-state index contributed by atoms with van der Waals surface area (Å²) in [5, 5.41) is 0.293. The molecule has 0 saturated carbocycles. The highest BCUT2D eigenvalue weighted by Crippen LogP contribution is 2.42. The number of hydrogen-bond donors (Lipinski definition) is 0. The van der Waals surface area contributed by atoms with Gasteiger partial charge in [0.15, 0.2) is 8.32 Å². The van der Waals surface area contributed by atoms with E-state index in [0.29, 0.717) is 10.9 Å². The summed E-state index contributed by atoms with van der Waals surface area (Å²) in [6.07, 6.45) is 8.23. The highest BCUT2D eigenvalue weighted by Gasteiger charge is 2.53. The minimum absolute atomic E-state index is 0.106. The topological polar surface area (TPSA) is 27.7 Å². The molecule has 0 bridgehead atoms. The zero-order valence-electron chi connectivity index (χ0n) is 22.4. The number of benzene rings is 1. The molecule has 1 atom stereocenters. The Morgan fingerprint density at radius 2 is 1.44 bits per heavy atom. The van der Waals surface area contributed by atoms with Crippen LogP contribution in [0, 0.1) is 0 Å². The fraction of sp³-hybridized carbons (Fsp3) is 0.778. The second-order valence-corrected chi connectivity index (χ2v) is 17.0. The van der Waals surface area contributed by atoms with E-state index in [-0.39, 0.29) is 18.3 Å². The van der Waals surface area contributed by atoms with Crippen LogP contribution < -0.4 is 0 Å². The standard InChI is InChI=1S/C27H49BO3Si/c1-25(2,3)32(8,9)29-22-16-11-10-15-19-24(21-20-23-17-13-12-14-18-23)28-30-26(4,5)27(6,7)31-28/h12-14,17-18,24H,10-11,15-16,19-22H2,1-9H3/t24-/m1/s1. The molecule has 0 unspecified atom stereocenters. The van der Waals surface area contributed by atoms with Gasteiger partial charge in [-0.3, -0.25) is 0 Å². The molecule has 1 fully saturated rings. The zero-order valence-corrected chi connectivity index (χ0v) is 23.4. The van der Waals surface area contributed by atoms with Gasteiger partial charge in [-0.1, -0.05) is 76.8 Å². The van der Waals surface area contributed by atoms with Crippen LogP contribution in [0.15, 0.2) is 30.3 Å². The summed E-state index contributed by atoms with van der Waals surface area (Å²) in [6, 6.07) is 10.8. The molecule has 1 aromatic rings. The van der Waals surface area contributed by atoms with Crippen LogP contribution in [0.3, 0.4) is 0 Å². The molecular formula is C27H49BO3Si. The van der Waals surface area contributed by atoms with E-state index in [1.165, 1.54) is 24.8 Å². The maximum atomic E-state index is 6.44. The van der Waals surface area contributed by atoms with E-state index in [4.69, 9.17) is 13.7 Å². The van der Waals surface area contributed by atoms with Gasteiger partial charge in [-0.15, -0.1) is 0 Å². The van der Waals surface area contributed by atoms with E-state index in [1.807, 2.05) is 0 Å². The fourth-order valence-corrected chi connectivity index (χ4v) is 4.99. The van der Waals surface area contributed by atoms with Gasteiger partial charge in [-0.05, 0) is 76.5 Å². The highest BCUT2D eigenvalue weighted by atomic mass is 28.4. The van der Waals surface area contributed by atoms with Crippen molar-refractivity contribution in [3.8, 4) is 0 Å². The second-order valence-electron chi connectivity index (χ2n) is 12.2. The molecule has 1 aliphatic rings. The lowest BCUT2D eigenvalue weighted by molar-refractivity contribution is 0.00578. The molecule has 1 aromatic carbocycles. The summed E-state index contributed by atoms with van der Waals surface area (Å²) in [7, 11) is -1.72. The summed E-state index contributed by atoms with van der Waals surface area (Å²) in [5.74, 6) is 0.430. The SMILES string of the molecule is CC1(C)OB([C@H](CCCCCCO[Si](C)(C)C(C)(C)C)CCc2ccccc2)OC1(C)C. The largest absolute Gasteiger partial charge is 0.461 e. The van der Waals surface area contributed by atoms with Gasteiger partial charge in [0.2, 0.25) is 0 Å². The first-order chi connectivity index (χ1) is 14.8. The molecule has 2 rings (SSSR count). The van der Waals surface area contributed by atoms with Gasteiger partial charge in [0, 0.05) is 6.61 Å². The minimum Gasteiger partial charge on any atom is -0.417 e. The molecule has 1 heterocycles. The molecule has 1 saturated heterocycles. The molecule has 1 aliphatic heterocycles. The highest BCUT2D eigenvalue weighted by molar-refractivity contribution is 6.74. The predicted molar refractivity (Wildman–Crippen MR) is 141 cm³/mol. The Labute approximate surface area is 200 Å². The summed E-state index contributed by atoms with van der Waals surface area (Å²) in [6.45, 7) is 21.1. The lowest BCUT2D eigenvalue weighted by Crippen LogP contribution is -2.41. The molecule has 0 spiro atoms. The Kier molecular flexibility index (Phi) is 9.67. The quantitative estimate of drug-likeness (QED) is 0.233. The predicted octanol–water partition coefficient (Wildman–Crippen LogP) is 8.05. The van der Waals surface area contributed by atoms with Gasteiger partial charge >= 0.3 is 7.12 Å². The third-order valence-corrected chi connectivity index (χ3v) is 12.6. The summed E-state index contributed by atoms with van der Waals surface area (Å²) in [4.78, 5) is 0. The molecule has 0 N–H and O–H groups in total. The van der Waals surface area contributed by atoms with Crippen molar-refractivity contribution in [3.05, 3.63) is 35.9 Å². The number of rotatable bonds is 12. The smallest absolute Gasteiger partial charge is 0.417 e. The third kappa shape index (κ3) is 7.72. The van der Waals surface area contributed by atoms with Crippen LogP contribution >= 0.6 is 0 Å². The van der Waals surface area contributed by atoms with Crippen LogP contribution in [-0.4, -0.2) is 33.2 Å². The monoisotopic (exact) mass is 460 g/mol. The number of hydrogen-bond acceptors (Lipinski definition) is 3. The van der Waals surface area contributed by atoms with Crippen LogP contribution in [0.5, 0.6) is 0 Å². The van der Waals surface area contributed by atoms with Crippen molar-refractivity contribution in [3.63, 3.8) is 0 Å². The maximum Gasteiger partial charge on any atom is 0.461 e. The molecule has 182 valence electrons. The molecule has 0 aliphatic carbocycles. The van der Waals surface area contributed by atoms with Gasteiger partial charge in [0.05, 0.1) is 11.2 Å². The van der Waals surface area contributed by atoms with E-state index in [9.17, 15) is 0 Å². The Hall–Kier alpha value is -0.618. The summed E-state index contributed by atoms with van der Waals surface area (Å²) in [5.41, 5.74) is 0.879. The van der Waals surface area contributed by atoms with E-state index in [0.717, 1.165) is 32.3 Å². The van der Waals surface area contributed by atoms with Crippen molar-refractivity contribution in [2.24, 2.45) is 0 Å². The Morgan fingerprint density at radius 1 is 0.875 bits per heavy atom. The van der Waals surface area contributed by atoms with Gasteiger partial charge in [-0.25, -0.2) is 0 Å². The van der Waals surface area contributed by atoms with Crippen molar-refractivity contribution in [1.82, 2.24) is 0 Å². The minimum atomic E-state index is -1.61. The molecule has 0 amide bonds. The van der Waals surface area contributed by atoms with Crippen molar-refractivity contribution in [2.75, 3.05) is 6.61 Å². The van der Waals surface area contributed by atoms with Crippen molar-refractivity contribution in [1.29, 1.82) is 0 Å². The van der Waals surface area contributed by atoms with Gasteiger partial charge in [-0.2, -0.15) is 0 Å². The molecule has 3 nitrogen and oxygen atoms in total. The zero-order chi connectivity index (χ0) is 24.0. The van der Waals surface area contributed by atoms with Crippen molar-refractivity contribution in [2.45, 2.75) is 129 Å².